The maximum Gasteiger partial charge on any atom is 0.193 e. The number of aliphatic hydroxyl groups is 1. The van der Waals surface area contributed by atoms with E-state index < -0.39 is 0 Å². The van der Waals surface area contributed by atoms with E-state index in [0.717, 1.165) is 18.5 Å². The molecular formula is C12H17N3O. The van der Waals surface area contributed by atoms with Crippen molar-refractivity contribution in [2.75, 3.05) is 5.32 Å². The van der Waals surface area contributed by atoms with Gasteiger partial charge in [-0.05, 0) is 37.5 Å². The van der Waals surface area contributed by atoms with E-state index in [4.69, 9.17) is 10.8 Å². The van der Waals surface area contributed by atoms with Gasteiger partial charge in [-0.25, -0.2) is 4.99 Å². The third kappa shape index (κ3) is 2.73. The number of aryl methyl sites for hydroxylation is 1. The number of nitrogens with one attached hydrogen (secondary N) is 1. The van der Waals surface area contributed by atoms with Gasteiger partial charge in [0.1, 0.15) is 0 Å². The van der Waals surface area contributed by atoms with E-state index in [1.54, 1.807) is 0 Å². The summed E-state index contributed by atoms with van der Waals surface area (Å²) in [4.78, 5) is 4.28. The molecule has 0 spiro atoms. The second-order valence-electron chi connectivity index (χ2n) is 4.29. The quantitative estimate of drug-likeness (QED) is 0.518. The summed E-state index contributed by atoms with van der Waals surface area (Å²) >= 11 is 0. The van der Waals surface area contributed by atoms with Crippen LogP contribution in [0, 0.1) is 6.92 Å². The molecule has 0 aliphatic heterocycles. The minimum atomic E-state index is -0.194. The molecule has 0 amide bonds. The van der Waals surface area contributed by atoms with Crippen molar-refractivity contribution in [3.8, 4) is 0 Å². The molecule has 4 nitrogen and oxygen atoms in total. The van der Waals surface area contributed by atoms with E-state index in [9.17, 15) is 0 Å². The first-order valence-electron chi connectivity index (χ1n) is 5.48. The number of aliphatic imine (C=N–C) groups is 1. The smallest absolute Gasteiger partial charge is 0.193 e. The van der Waals surface area contributed by atoms with Gasteiger partial charge >= 0.3 is 0 Å². The Kier molecular flexibility index (Phi) is 3.10. The number of nitrogens with zero attached hydrogens (tertiary/aromatic N) is 1. The molecule has 4 heteroatoms. The fourth-order valence-corrected chi connectivity index (χ4v) is 1.76. The van der Waals surface area contributed by atoms with Crippen molar-refractivity contribution in [1.82, 2.24) is 0 Å². The van der Waals surface area contributed by atoms with Crippen LogP contribution in [0.1, 0.15) is 18.4 Å². The van der Waals surface area contributed by atoms with E-state index >= 15 is 0 Å². The lowest BCUT2D eigenvalue weighted by Crippen LogP contribution is -2.35. The fraction of sp³-hybridized carbons (Fsp3) is 0.417. The summed E-state index contributed by atoms with van der Waals surface area (Å²) in [5.74, 6) is 0.419. The lowest BCUT2D eigenvalue weighted by molar-refractivity contribution is 0.0778. The third-order valence-electron chi connectivity index (χ3n) is 2.70. The van der Waals surface area contributed by atoms with Crippen molar-refractivity contribution in [3.63, 3.8) is 0 Å². The van der Waals surface area contributed by atoms with Crippen LogP contribution in [0.4, 0.5) is 5.69 Å². The number of nitrogens with two attached hydrogens (primary N) is 1. The second-order valence-corrected chi connectivity index (χ2v) is 4.29. The van der Waals surface area contributed by atoms with Crippen molar-refractivity contribution in [3.05, 3.63) is 29.8 Å². The average molecular weight is 219 g/mol. The molecule has 0 atom stereocenters. The van der Waals surface area contributed by atoms with Gasteiger partial charge in [0.05, 0.1) is 12.1 Å². The van der Waals surface area contributed by atoms with Gasteiger partial charge in [-0.2, -0.15) is 0 Å². The molecule has 0 aromatic heterocycles. The molecule has 0 heterocycles. The minimum Gasteiger partial charge on any atom is -0.393 e. The highest BCUT2D eigenvalue weighted by molar-refractivity contribution is 5.92. The first-order chi connectivity index (χ1) is 7.63. The lowest BCUT2D eigenvalue weighted by Gasteiger charge is -2.28. The number of aliphatic hydroxyl groups excluding tert-OH is 1. The number of anilines is 1. The Morgan fingerprint density at radius 1 is 1.50 bits per heavy atom. The highest BCUT2D eigenvalue weighted by Crippen LogP contribution is 2.22. The van der Waals surface area contributed by atoms with Crippen LogP contribution in [0.3, 0.4) is 0 Å². The lowest BCUT2D eigenvalue weighted by atomic mass is 9.90. The number of hydrogen-bond acceptors (Lipinski definition) is 2. The van der Waals surface area contributed by atoms with Crippen molar-refractivity contribution < 1.29 is 5.11 Å². The maximum atomic E-state index is 9.13. The van der Waals surface area contributed by atoms with Crippen molar-refractivity contribution in [1.29, 1.82) is 0 Å². The summed E-state index contributed by atoms with van der Waals surface area (Å²) in [5.41, 5.74) is 7.89. The molecule has 1 aromatic rings. The fourth-order valence-electron chi connectivity index (χ4n) is 1.76. The van der Waals surface area contributed by atoms with Crippen LogP contribution in [0.5, 0.6) is 0 Å². The Morgan fingerprint density at radius 3 is 2.88 bits per heavy atom. The van der Waals surface area contributed by atoms with Gasteiger partial charge in [0.15, 0.2) is 5.96 Å². The Hall–Kier alpha value is -1.55. The molecule has 0 saturated heterocycles. The summed E-state index contributed by atoms with van der Waals surface area (Å²) in [6.07, 6.45) is 1.24. The highest BCUT2D eigenvalue weighted by Gasteiger charge is 2.26. The second kappa shape index (κ2) is 4.53. The predicted octanol–water partition coefficient (Wildman–Crippen LogP) is 1.24. The van der Waals surface area contributed by atoms with E-state index in [-0.39, 0.29) is 12.1 Å². The summed E-state index contributed by atoms with van der Waals surface area (Å²) in [6, 6.07) is 8.13. The first-order valence-corrected chi connectivity index (χ1v) is 5.48. The van der Waals surface area contributed by atoms with Gasteiger partial charge in [-0.3, -0.25) is 0 Å². The Morgan fingerprint density at radius 2 is 2.25 bits per heavy atom. The number of guanidine groups is 1. The zero-order chi connectivity index (χ0) is 11.5. The Labute approximate surface area is 95.2 Å². The van der Waals surface area contributed by atoms with E-state index in [1.165, 1.54) is 5.56 Å². The van der Waals surface area contributed by atoms with Gasteiger partial charge in [-0.1, -0.05) is 12.1 Å². The molecule has 16 heavy (non-hydrogen) atoms. The van der Waals surface area contributed by atoms with Gasteiger partial charge in [0.2, 0.25) is 0 Å². The van der Waals surface area contributed by atoms with Crippen LogP contribution in [-0.2, 0) is 0 Å². The predicted molar refractivity (Wildman–Crippen MR) is 65.5 cm³/mol. The summed E-state index contributed by atoms with van der Waals surface area (Å²) in [6.45, 7) is 2.03. The molecule has 1 aromatic carbocycles. The molecular weight excluding hydrogens is 202 g/mol. The van der Waals surface area contributed by atoms with Crippen LogP contribution in [0.25, 0.3) is 0 Å². The van der Waals surface area contributed by atoms with Gasteiger partial charge in [0, 0.05) is 5.69 Å². The van der Waals surface area contributed by atoms with Crippen LogP contribution < -0.4 is 11.1 Å². The largest absolute Gasteiger partial charge is 0.393 e. The average Bonchev–Trinajstić information content (AvgIpc) is 2.15. The molecule has 2 rings (SSSR count). The van der Waals surface area contributed by atoms with Crippen molar-refractivity contribution in [2.24, 2.45) is 10.7 Å². The molecule has 1 fully saturated rings. The summed E-state index contributed by atoms with van der Waals surface area (Å²) in [7, 11) is 0. The SMILES string of the molecule is Cc1cccc(NC(N)=NC2CC(O)C2)c1. The third-order valence-corrected chi connectivity index (χ3v) is 2.70. The van der Waals surface area contributed by atoms with Crippen LogP contribution in [0.2, 0.25) is 0 Å². The van der Waals surface area contributed by atoms with Crippen LogP contribution >= 0.6 is 0 Å². The monoisotopic (exact) mass is 219 g/mol. The Bertz CT molecular complexity index is 397. The van der Waals surface area contributed by atoms with Crippen molar-refractivity contribution in [2.45, 2.75) is 31.9 Å². The minimum absolute atomic E-state index is 0.173. The molecule has 0 unspecified atom stereocenters. The highest BCUT2D eigenvalue weighted by atomic mass is 16.3. The van der Waals surface area contributed by atoms with Gasteiger partial charge in [0.25, 0.3) is 0 Å². The first kappa shape index (κ1) is 11.0. The molecule has 4 N–H and O–H groups in total. The van der Waals surface area contributed by atoms with E-state index in [0.29, 0.717) is 5.96 Å². The molecule has 86 valence electrons. The van der Waals surface area contributed by atoms with E-state index in [1.807, 2.05) is 31.2 Å². The summed E-state index contributed by atoms with van der Waals surface area (Å²) < 4.78 is 0. The van der Waals surface area contributed by atoms with Gasteiger partial charge < -0.3 is 16.2 Å². The van der Waals surface area contributed by atoms with Crippen LogP contribution in [-0.4, -0.2) is 23.2 Å². The van der Waals surface area contributed by atoms with Crippen LogP contribution in [0.15, 0.2) is 29.3 Å². The van der Waals surface area contributed by atoms with Gasteiger partial charge in [-0.15, -0.1) is 0 Å². The Balaban J connectivity index is 1.94. The maximum absolute atomic E-state index is 9.13. The summed E-state index contributed by atoms with van der Waals surface area (Å²) in [5, 5.41) is 12.2. The number of hydrogen-bond donors (Lipinski definition) is 3. The zero-order valence-corrected chi connectivity index (χ0v) is 9.35. The number of benzene rings is 1. The zero-order valence-electron chi connectivity index (χ0n) is 9.35. The standard InChI is InChI=1S/C12H17N3O/c1-8-3-2-4-9(5-8)14-12(13)15-10-6-11(16)7-10/h2-5,10-11,16H,6-7H2,1H3,(H3,13,14,15). The molecule has 1 aliphatic rings. The topological polar surface area (TPSA) is 70.6 Å². The molecule has 1 aliphatic carbocycles. The van der Waals surface area contributed by atoms with Crippen molar-refractivity contribution >= 4 is 11.6 Å². The van der Waals surface area contributed by atoms with E-state index in [2.05, 4.69) is 10.3 Å². The normalized spacial score (nSPS) is 25.0. The molecule has 0 bridgehead atoms. The molecule has 1 saturated carbocycles. The number of rotatable bonds is 2. The molecule has 0 radical (unpaired) electrons.